The van der Waals surface area contributed by atoms with E-state index in [9.17, 15) is 14.3 Å². The number of imidazole rings is 1. The van der Waals surface area contributed by atoms with Crippen LogP contribution in [0.3, 0.4) is 0 Å². The molecule has 1 unspecified atom stereocenters. The summed E-state index contributed by atoms with van der Waals surface area (Å²) < 4.78 is 35.0. The molecule has 3 N–H and O–H groups in total. The largest absolute Gasteiger partial charge is 0.467 e. The standard InChI is InChI=1S/C29H52N5O7P/c1-3-4-5-6-7-8-9-10-11-12-13-14-15-16-18-39-19-17-20-41-42(36,37)24-40-25(29(35)38-2)21-34-23-33-26-27(30)31-22-32-28(26)34/h22-23,25H,3-21,24H2,1-2H3,(H,36,37)(H2,30,31,32)/t25-/m0/s1. The Morgan fingerprint density at radius 3 is 2.12 bits per heavy atom. The third kappa shape index (κ3) is 14.9. The molecule has 0 aromatic carbocycles. The number of rotatable bonds is 26. The zero-order valence-electron chi connectivity index (χ0n) is 25.6. The van der Waals surface area contributed by atoms with E-state index in [1.165, 1.54) is 101 Å². The van der Waals surface area contributed by atoms with Gasteiger partial charge in [0.05, 0.1) is 26.6 Å². The molecule has 0 aliphatic heterocycles. The topological polar surface area (TPSA) is 161 Å². The lowest BCUT2D eigenvalue weighted by Gasteiger charge is -2.19. The monoisotopic (exact) mass is 613 g/mol. The number of hydrogen-bond acceptors (Lipinski definition) is 10. The van der Waals surface area contributed by atoms with Crippen molar-refractivity contribution in [2.75, 3.05) is 39.0 Å². The van der Waals surface area contributed by atoms with Crippen LogP contribution < -0.4 is 5.73 Å². The quantitative estimate of drug-likeness (QED) is 0.0726. The van der Waals surface area contributed by atoms with Gasteiger partial charge in [0.2, 0.25) is 0 Å². The zero-order chi connectivity index (χ0) is 30.5. The Kier molecular flexibility index (Phi) is 18.5. The number of aromatic nitrogens is 4. The number of nitrogens with zero attached hydrogens (tertiary/aromatic N) is 4. The lowest BCUT2D eigenvalue weighted by atomic mass is 10.0. The van der Waals surface area contributed by atoms with E-state index in [1.807, 2.05) is 0 Å². The average Bonchev–Trinajstić information content (AvgIpc) is 3.40. The highest BCUT2D eigenvalue weighted by atomic mass is 31.2. The fourth-order valence-corrected chi connectivity index (χ4v) is 5.49. The summed E-state index contributed by atoms with van der Waals surface area (Å²) in [5, 5.41) is 0. The number of ether oxygens (including phenoxy) is 3. The molecule has 0 amide bonds. The second-order valence-corrected chi connectivity index (χ2v) is 12.5. The van der Waals surface area contributed by atoms with Gasteiger partial charge in [-0.25, -0.2) is 19.7 Å². The molecule has 0 bridgehead atoms. The Labute approximate surface area is 250 Å². The van der Waals surface area contributed by atoms with Gasteiger partial charge in [-0.3, -0.25) is 4.57 Å². The maximum absolute atomic E-state index is 12.4. The summed E-state index contributed by atoms with van der Waals surface area (Å²) in [7, 11) is -2.88. The van der Waals surface area contributed by atoms with E-state index < -0.39 is 26.0 Å². The number of anilines is 1. The van der Waals surface area contributed by atoms with Gasteiger partial charge in [0.15, 0.2) is 17.6 Å². The molecule has 2 atom stereocenters. The molecule has 0 spiro atoms. The first kappa shape index (κ1) is 36.1. The van der Waals surface area contributed by atoms with Crippen LogP contribution in [0.25, 0.3) is 11.2 Å². The Morgan fingerprint density at radius 2 is 1.50 bits per heavy atom. The first-order chi connectivity index (χ1) is 20.4. The van der Waals surface area contributed by atoms with E-state index in [1.54, 1.807) is 0 Å². The van der Waals surface area contributed by atoms with Gasteiger partial charge in [-0.1, -0.05) is 90.4 Å². The van der Waals surface area contributed by atoms with E-state index in [0.717, 1.165) is 12.8 Å². The van der Waals surface area contributed by atoms with Gasteiger partial charge in [-0.05, 0) is 12.8 Å². The number of unbranched alkanes of at least 4 members (excludes halogenated alkanes) is 13. The lowest BCUT2D eigenvalue weighted by molar-refractivity contribution is -0.153. The van der Waals surface area contributed by atoms with Gasteiger partial charge in [-0.2, -0.15) is 0 Å². The SMILES string of the molecule is CCCCCCCCCCCCCCCCOCCCOP(=O)(O)CO[C@@H](Cn1cnc2c(N)ncnc21)C(=O)OC. The normalized spacial score (nSPS) is 13.8. The second-order valence-electron chi connectivity index (χ2n) is 10.7. The fraction of sp³-hybridized carbons (Fsp3) is 0.793. The molecule has 2 rings (SSSR count). The van der Waals surface area contributed by atoms with Crippen molar-refractivity contribution in [3.63, 3.8) is 0 Å². The van der Waals surface area contributed by atoms with Crippen LogP contribution in [0.4, 0.5) is 5.82 Å². The summed E-state index contributed by atoms with van der Waals surface area (Å²) in [4.78, 5) is 34.5. The maximum atomic E-state index is 12.4. The lowest BCUT2D eigenvalue weighted by Crippen LogP contribution is -2.31. The highest BCUT2D eigenvalue weighted by molar-refractivity contribution is 7.52. The fourth-order valence-electron chi connectivity index (χ4n) is 4.63. The van der Waals surface area contributed by atoms with Gasteiger partial charge < -0.3 is 33.9 Å². The van der Waals surface area contributed by atoms with Crippen LogP contribution in [0, 0.1) is 0 Å². The second kappa shape index (κ2) is 21.6. The van der Waals surface area contributed by atoms with Crippen molar-refractivity contribution in [2.45, 2.75) is 116 Å². The molecule has 2 aromatic heterocycles. The van der Waals surface area contributed by atoms with Crippen molar-refractivity contribution >= 4 is 30.5 Å². The molecular weight excluding hydrogens is 561 g/mol. The smallest absolute Gasteiger partial charge is 0.353 e. The number of carbonyl (C=O) groups is 1. The molecule has 0 radical (unpaired) electrons. The van der Waals surface area contributed by atoms with Crippen molar-refractivity contribution in [1.29, 1.82) is 0 Å². The molecule has 240 valence electrons. The minimum Gasteiger partial charge on any atom is -0.467 e. The Morgan fingerprint density at radius 1 is 0.905 bits per heavy atom. The van der Waals surface area contributed by atoms with Crippen molar-refractivity contribution in [1.82, 2.24) is 19.5 Å². The molecule has 0 aliphatic carbocycles. The van der Waals surface area contributed by atoms with E-state index >= 15 is 0 Å². The van der Waals surface area contributed by atoms with Crippen molar-refractivity contribution in [2.24, 2.45) is 0 Å². The van der Waals surface area contributed by atoms with Crippen LogP contribution in [0.5, 0.6) is 0 Å². The van der Waals surface area contributed by atoms with Crippen LogP contribution in [0.1, 0.15) is 103 Å². The first-order valence-electron chi connectivity index (χ1n) is 15.5. The highest BCUT2D eigenvalue weighted by Crippen LogP contribution is 2.42. The number of hydrogen-bond donors (Lipinski definition) is 2. The molecule has 0 aliphatic rings. The van der Waals surface area contributed by atoms with Crippen molar-refractivity contribution in [3.8, 4) is 0 Å². The molecule has 2 heterocycles. The molecule has 12 nitrogen and oxygen atoms in total. The Balaban J connectivity index is 1.49. The van der Waals surface area contributed by atoms with Crippen LogP contribution in [0.15, 0.2) is 12.7 Å². The third-order valence-corrected chi connectivity index (χ3v) is 8.12. The number of methoxy groups -OCH3 is 1. The summed E-state index contributed by atoms with van der Waals surface area (Å²) in [5.41, 5.74) is 6.58. The Hall–Kier alpha value is -2.11. The number of fused-ring (bicyclic) bond motifs is 1. The van der Waals surface area contributed by atoms with E-state index in [2.05, 4.69) is 21.9 Å². The average molecular weight is 614 g/mol. The molecule has 0 saturated carbocycles. The zero-order valence-corrected chi connectivity index (χ0v) is 26.5. The molecule has 42 heavy (non-hydrogen) atoms. The Bertz CT molecular complexity index is 1050. The molecular formula is C29H52N5O7P. The predicted molar refractivity (Wildman–Crippen MR) is 163 cm³/mol. The number of carbonyl (C=O) groups excluding carboxylic acids is 1. The van der Waals surface area contributed by atoms with Gasteiger partial charge in [0, 0.05) is 13.2 Å². The van der Waals surface area contributed by atoms with Gasteiger partial charge >= 0.3 is 13.6 Å². The van der Waals surface area contributed by atoms with E-state index in [4.69, 9.17) is 24.5 Å². The molecule has 13 heteroatoms. The minimum atomic E-state index is -4.09. The molecule has 0 saturated heterocycles. The van der Waals surface area contributed by atoms with Crippen molar-refractivity contribution in [3.05, 3.63) is 12.7 Å². The number of esters is 1. The summed E-state index contributed by atoms with van der Waals surface area (Å²) >= 11 is 0. The highest BCUT2D eigenvalue weighted by Gasteiger charge is 2.28. The summed E-state index contributed by atoms with van der Waals surface area (Å²) in [5.74, 6) is -0.512. The molecule has 0 fully saturated rings. The van der Waals surface area contributed by atoms with Crippen LogP contribution in [-0.4, -0.2) is 69.8 Å². The van der Waals surface area contributed by atoms with Gasteiger partial charge in [0.25, 0.3) is 0 Å². The summed E-state index contributed by atoms with van der Waals surface area (Å²) in [6, 6.07) is 0. The van der Waals surface area contributed by atoms with Crippen LogP contribution >= 0.6 is 7.60 Å². The third-order valence-electron chi connectivity index (χ3n) is 7.06. The first-order valence-corrected chi connectivity index (χ1v) is 17.3. The van der Waals surface area contributed by atoms with Crippen LogP contribution in [-0.2, 0) is 34.6 Å². The van der Waals surface area contributed by atoms with Crippen LogP contribution in [0.2, 0.25) is 0 Å². The maximum Gasteiger partial charge on any atom is 0.353 e. The summed E-state index contributed by atoms with van der Waals surface area (Å²) in [6.45, 7) is 3.38. The number of nitrogens with two attached hydrogens (primary N) is 1. The van der Waals surface area contributed by atoms with Crippen molar-refractivity contribution < 1.29 is 33.0 Å². The van der Waals surface area contributed by atoms with Gasteiger partial charge in [-0.15, -0.1) is 0 Å². The summed E-state index contributed by atoms with van der Waals surface area (Å²) in [6.07, 6.45) is 19.8. The number of nitrogen functional groups attached to an aromatic ring is 1. The molecule has 2 aromatic rings. The van der Waals surface area contributed by atoms with E-state index in [0.29, 0.717) is 30.8 Å². The predicted octanol–water partition coefficient (Wildman–Crippen LogP) is 6.01. The van der Waals surface area contributed by atoms with Gasteiger partial charge in [0.1, 0.15) is 18.2 Å². The van der Waals surface area contributed by atoms with E-state index in [-0.39, 0.29) is 19.0 Å². The minimum absolute atomic E-state index is 0.0428.